The van der Waals surface area contributed by atoms with Crippen molar-refractivity contribution in [2.75, 3.05) is 13.1 Å². The molecule has 1 saturated heterocycles. The molecular formula is C14H26N2O2. The molecule has 0 aromatic heterocycles. The van der Waals surface area contributed by atoms with Gasteiger partial charge in [0.15, 0.2) is 0 Å². The van der Waals surface area contributed by atoms with E-state index in [0.29, 0.717) is 19.0 Å². The van der Waals surface area contributed by atoms with E-state index < -0.39 is 5.60 Å². The summed E-state index contributed by atoms with van der Waals surface area (Å²) >= 11 is 0. The molecule has 4 nitrogen and oxygen atoms in total. The Bertz CT molecular complexity index is 309. The minimum absolute atomic E-state index is 0.0915. The lowest BCUT2D eigenvalue weighted by Crippen LogP contribution is -2.67. The van der Waals surface area contributed by atoms with Crippen LogP contribution in [0.2, 0.25) is 0 Å². The van der Waals surface area contributed by atoms with E-state index in [9.17, 15) is 9.90 Å². The number of carbonyl (C=O) groups excluding carboxylic acids is 1. The van der Waals surface area contributed by atoms with Crippen molar-refractivity contribution in [3.63, 3.8) is 0 Å². The van der Waals surface area contributed by atoms with Gasteiger partial charge in [0.1, 0.15) is 0 Å². The smallest absolute Gasteiger partial charge is 0.237 e. The van der Waals surface area contributed by atoms with Crippen LogP contribution in [0.1, 0.15) is 46.5 Å². The van der Waals surface area contributed by atoms with Crippen molar-refractivity contribution in [2.45, 2.75) is 64.1 Å². The van der Waals surface area contributed by atoms with Gasteiger partial charge in [0.25, 0.3) is 0 Å². The van der Waals surface area contributed by atoms with Gasteiger partial charge in [-0.3, -0.25) is 9.69 Å². The van der Waals surface area contributed by atoms with Crippen LogP contribution in [0.15, 0.2) is 0 Å². The summed E-state index contributed by atoms with van der Waals surface area (Å²) in [6.07, 6.45) is 4.41. The lowest BCUT2D eigenvalue weighted by Gasteiger charge is -2.49. The monoisotopic (exact) mass is 254 g/mol. The molecule has 0 bridgehead atoms. The summed E-state index contributed by atoms with van der Waals surface area (Å²) in [7, 11) is 0. The van der Waals surface area contributed by atoms with Gasteiger partial charge in [0.2, 0.25) is 5.91 Å². The Kier molecular flexibility index (Phi) is 3.97. The summed E-state index contributed by atoms with van der Waals surface area (Å²) < 4.78 is 0. The third-order valence-electron chi connectivity index (χ3n) is 4.33. The molecule has 1 aliphatic heterocycles. The Morgan fingerprint density at radius 3 is 2.56 bits per heavy atom. The largest absolute Gasteiger partial charge is 0.387 e. The van der Waals surface area contributed by atoms with Crippen LogP contribution >= 0.6 is 0 Å². The Morgan fingerprint density at radius 1 is 1.44 bits per heavy atom. The van der Waals surface area contributed by atoms with E-state index in [-0.39, 0.29) is 18.0 Å². The Labute approximate surface area is 110 Å². The zero-order chi connectivity index (χ0) is 13.3. The zero-order valence-electron chi connectivity index (χ0n) is 11.8. The molecule has 0 aromatic rings. The van der Waals surface area contributed by atoms with Gasteiger partial charge in [-0.1, -0.05) is 13.3 Å². The van der Waals surface area contributed by atoms with Crippen LogP contribution < -0.4 is 5.32 Å². The highest BCUT2D eigenvalue weighted by atomic mass is 16.3. The molecule has 1 saturated carbocycles. The van der Waals surface area contributed by atoms with Crippen LogP contribution in [0.3, 0.4) is 0 Å². The van der Waals surface area contributed by atoms with Gasteiger partial charge in [-0.2, -0.15) is 0 Å². The summed E-state index contributed by atoms with van der Waals surface area (Å²) in [5.41, 5.74) is -0.496. The van der Waals surface area contributed by atoms with E-state index in [1.165, 1.54) is 0 Å². The van der Waals surface area contributed by atoms with Crippen LogP contribution in [0, 0.1) is 5.92 Å². The first kappa shape index (κ1) is 13.8. The molecule has 4 heteroatoms. The number of amides is 1. The van der Waals surface area contributed by atoms with Crippen molar-refractivity contribution in [3.8, 4) is 0 Å². The lowest BCUT2D eigenvalue weighted by molar-refractivity contribution is -0.147. The molecule has 2 unspecified atom stereocenters. The van der Waals surface area contributed by atoms with Crippen LogP contribution in [-0.2, 0) is 4.79 Å². The third-order valence-corrected chi connectivity index (χ3v) is 4.33. The minimum atomic E-state index is -0.496. The van der Waals surface area contributed by atoms with Crippen LogP contribution in [0.25, 0.3) is 0 Å². The maximum atomic E-state index is 12.0. The van der Waals surface area contributed by atoms with E-state index in [1.807, 2.05) is 13.8 Å². The van der Waals surface area contributed by atoms with E-state index in [2.05, 4.69) is 17.1 Å². The average molecular weight is 254 g/mol. The average Bonchev–Trinajstić information content (AvgIpc) is 3.07. The predicted molar refractivity (Wildman–Crippen MR) is 71.2 cm³/mol. The molecule has 1 aliphatic carbocycles. The lowest BCUT2D eigenvalue weighted by atomic mass is 9.87. The quantitative estimate of drug-likeness (QED) is 0.747. The third kappa shape index (κ3) is 2.86. The van der Waals surface area contributed by atoms with Crippen LogP contribution in [0.4, 0.5) is 0 Å². The van der Waals surface area contributed by atoms with E-state index in [4.69, 9.17) is 0 Å². The van der Waals surface area contributed by atoms with Crippen LogP contribution in [-0.4, -0.2) is 46.7 Å². The molecule has 2 aliphatic rings. The number of hydrogen-bond acceptors (Lipinski definition) is 3. The second-order valence-electron chi connectivity index (χ2n) is 6.16. The maximum Gasteiger partial charge on any atom is 0.237 e. The second kappa shape index (κ2) is 5.17. The van der Waals surface area contributed by atoms with Gasteiger partial charge in [0.05, 0.1) is 11.6 Å². The number of carbonyl (C=O) groups is 1. The molecule has 0 aromatic carbocycles. The first-order valence-electron chi connectivity index (χ1n) is 7.23. The zero-order valence-corrected chi connectivity index (χ0v) is 11.8. The number of likely N-dealkylation sites (tertiary alicyclic amines) is 1. The van der Waals surface area contributed by atoms with Gasteiger partial charge in [-0.25, -0.2) is 0 Å². The fourth-order valence-corrected chi connectivity index (χ4v) is 2.84. The molecule has 104 valence electrons. The van der Waals surface area contributed by atoms with Crippen LogP contribution in [0.5, 0.6) is 0 Å². The molecule has 2 atom stereocenters. The van der Waals surface area contributed by atoms with Gasteiger partial charge < -0.3 is 10.4 Å². The van der Waals surface area contributed by atoms with Crippen molar-refractivity contribution >= 4 is 5.91 Å². The van der Waals surface area contributed by atoms with E-state index >= 15 is 0 Å². The molecular weight excluding hydrogens is 228 g/mol. The van der Waals surface area contributed by atoms with Gasteiger partial charge in [0, 0.05) is 19.1 Å². The van der Waals surface area contributed by atoms with E-state index in [0.717, 1.165) is 25.7 Å². The van der Waals surface area contributed by atoms with Crippen molar-refractivity contribution < 1.29 is 9.90 Å². The first-order valence-corrected chi connectivity index (χ1v) is 7.23. The molecule has 0 radical (unpaired) electrons. The normalized spacial score (nSPS) is 26.2. The Hall–Kier alpha value is -0.610. The topological polar surface area (TPSA) is 52.6 Å². The second-order valence-corrected chi connectivity index (χ2v) is 6.16. The van der Waals surface area contributed by atoms with Crippen molar-refractivity contribution in [1.82, 2.24) is 10.2 Å². The highest BCUT2D eigenvalue weighted by molar-refractivity contribution is 5.81. The fourth-order valence-electron chi connectivity index (χ4n) is 2.84. The Morgan fingerprint density at radius 2 is 2.06 bits per heavy atom. The number of β-amino-alcohol motifs (C(OH)–C–C–N with tert-alkyl or cyclic N) is 1. The highest BCUT2D eigenvalue weighted by Crippen LogP contribution is 2.44. The van der Waals surface area contributed by atoms with Gasteiger partial charge >= 0.3 is 0 Å². The summed E-state index contributed by atoms with van der Waals surface area (Å²) in [4.78, 5) is 14.1. The molecule has 18 heavy (non-hydrogen) atoms. The summed E-state index contributed by atoms with van der Waals surface area (Å²) in [5.74, 6) is 0.580. The van der Waals surface area contributed by atoms with Crippen molar-refractivity contribution in [1.29, 1.82) is 0 Å². The molecule has 2 N–H and O–H groups in total. The van der Waals surface area contributed by atoms with Gasteiger partial charge in [-0.05, 0) is 39.0 Å². The molecule has 2 fully saturated rings. The minimum Gasteiger partial charge on any atom is -0.387 e. The molecule has 1 heterocycles. The summed E-state index contributed by atoms with van der Waals surface area (Å²) in [6, 6.07) is 0.122. The molecule has 2 rings (SSSR count). The standard InChI is InChI=1S/C14H26N2O2/c1-4-5-10(2)15-13(17)11(3)16-8-14(18,9-16)12-6-7-12/h10-12,18H,4-9H2,1-3H3,(H,15,17). The summed E-state index contributed by atoms with van der Waals surface area (Å²) in [6.45, 7) is 7.42. The highest BCUT2D eigenvalue weighted by Gasteiger charge is 2.53. The predicted octanol–water partition coefficient (Wildman–Crippen LogP) is 1.14. The first-order chi connectivity index (χ1) is 8.46. The number of nitrogens with zero attached hydrogens (tertiary/aromatic N) is 1. The number of aliphatic hydroxyl groups is 1. The fraction of sp³-hybridized carbons (Fsp3) is 0.929. The number of rotatable bonds is 6. The maximum absolute atomic E-state index is 12.0. The number of nitrogens with one attached hydrogen (secondary N) is 1. The van der Waals surface area contributed by atoms with Crippen molar-refractivity contribution in [3.05, 3.63) is 0 Å². The van der Waals surface area contributed by atoms with Crippen molar-refractivity contribution in [2.24, 2.45) is 5.92 Å². The Balaban J connectivity index is 1.75. The van der Waals surface area contributed by atoms with Gasteiger partial charge in [-0.15, -0.1) is 0 Å². The molecule has 0 spiro atoms. The van der Waals surface area contributed by atoms with E-state index in [1.54, 1.807) is 0 Å². The SMILES string of the molecule is CCCC(C)NC(=O)C(C)N1CC(O)(C2CC2)C1. The number of hydrogen-bond donors (Lipinski definition) is 2. The summed E-state index contributed by atoms with van der Waals surface area (Å²) in [5, 5.41) is 13.3. The molecule has 1 amide bonds.